The van der Waals surface area contributed by atoms with Crippen LogP contribution in [0.1, 0.15) is 16.7 Å². The third kappa shape index (κ3) is 7.78. The summed E-state index contributed by atoms with van der Waals surface area (Å²) >= 11 is 6.21. The molecule has 1 saturated heterocycles. The summed E-state index contributed by atoms with van der Waals surface area (Å²) in [6.07, 6.45) is -0.542. The van der Waals surface area contributed by atoms with Crippen molar-refractivity contribution in [2.24, 2.45) is 0 Å². The fraction of sp³-hybridized carbons (Fsp3) is 0.333. The molecule has 2 heterocycles. The van der Waals surface area contributed by atoms with Crippen molar-refractivity contribution in [3.8, 4) is 6.07 Å². The zero-order valence-electron chi connectivity index (χ0n) is 22.2. The minimum Gasteiger partial charge on any atom is -0.465 e. The summed E-state index contributed by atoms with van der Waals surface area (Å²) in [5, 5.41) is 24.4. The number of nitrogens with one attached hydrogen (secondary N) is 2. The quantitative estimate of drug-likeness (QED) is 0.354. The number of halogens is 1. The van der Waals surface area contributed by atoms with Gasteiger partial charge in [0.05, 0.1) is 11.6 Å². The minimum atomic E-state index is -0.887. The van der Waals surface area contributed by atoms with Gasteiger partial charge in [0.2, 0.25) is 23.1 Å². The van der Waals surface area contributed by atoms with Crippen LogP contribution in [-0.4, -0.2) is 93.1 Å². The highest BCUT2D eigenvalue weighted by atomic mass is 35.5. The van der Waals surface area contributed by atoms with Crippen LogP contribution in [0.15, 0.2) is 48.5 Å². The molecule has 0 spiro atoms. The van der Waals surface area contributed by atoms with Gasteiger partial charge in [0.1, 0.15) is 6.04 Å². The van der Waals surface area contributed by atoms with Crippen LogP contribution >= 0.6 is 11.6 Å². The van der Waals surface area contributed by atoms with Gasteiger partial charge in [-0.3, -0.25) is 9.69 Å². The molecule has 0 bridgehead atoms. The number of likely N-dealkylation sites (N-methyl/N-ethyl adjacent to an activating group) is 1. The molecule has 1 aromatic heterocycles. The van der Waals surface area contributed by atoms with Crippen molar-refractivity contribution < 1.29 is 14.7 Å². The van der Waals surface area contributed by atoms with Crippen LogP contribution in [0.2, 0.25) is 5.28 Å². The van der Waals surface area contributed by atoms with E-state index in [0.717, 1.165) is 16.8 Å². The monoisotopic (exact) mass is 563 g/mol. The third-order valence-corrected chi connectivity index (χ3v) is 6.57. The van der Waals surface area contributed by atoms with Gasteiger partial charge in [0, 0.05) is 58.9 Å². The lowest BCUT2D eigenvalue weighted by Crippen LogP contribution is -2.47. The van der Waals surface area contributed by atoms with Crippen molar-refractivity contribution in [3.05, 3.63) is 70.5 Å². The number of nitrogens with zero attached hydrogens (tertiary/aromatic N) is 7. The van der Waals surface area contributed by atoms with Crippen LogP contribution in [0.25, 0.3) is 0 Å². The molecular formula is C27H30ClN9O3. The fourth-order valence-corrected chi connectivity index (χ4v) is 4.48. The highest BCUT2D eigenvalue weighted by Gasteiger charge is 2.23. The Hall–Kier alpha value is -4.47. The maximum absolute atomic E-state index is 12.9. The maximum atomic E-state index is 12.9. The molecule has 2 aromatic carbocycles. The van der Waals surface area contributed by atoms with Gasteiger partial charge in [-0.1, -0.05) is 24.3 Å². The molecule has 1 aliphatic rings. The zero-order chi connectivity index (χ0) is 28.6. The molecule has 3 N–H and O–H groups in total. The average Bonchev–Trinajstić information content (AvgIpc) is 2.93. The number of rotatable bonds is 9. The molecule has 1 unspecified atom stereocenters. The van der Waals surface area contributed by atoms with E-state index in [0.29, 0.717) is 44.7 Å². The van der Waals surface area contributed by atoms with Crippen LogP contribution in [0.3, 0.4) is 0 Å². The van der Waals surface area contributed by atoms with Gasteiger partial charge in [-0.05, 0) is 47.0 Å². The first-order valence-corrected chi connectivity index (χ1v) is 13.0. The summed E-state index contributed by atoms with van der Waals surface area (Å²) in [6, 6.07) is 16.2. The number of hydrogen-bond donors (Lipinski definition) is 3. The molecule has 208 valence electrons. The number of amides is 2. The molecule has 1 aliphatic heterocycles. The van der Waals surface area contributed by atoms with E-state index in [1.807, 2.05) is 36.4 Å². The molecule has 1 fully saturated rings. The number of benzene rings is 2. The second kappa shape index (κ2) is 13.1. The van der Waals surface area contributed by atoms with Gasteiger partial charge in [-0.15, -0.1) is 0 Å². The van der Waals surface area contributed by atoms with Crippen LogP contribution in [0, 0.1) is 11.3 Å². The van der Waals surface area contributed by atoms with Crippen LogP contribution in [-0.2, 0) is 17.8 Å². The van der Waals surface area contributed by atoms with E-state index in [9.17, 15) is 9.59 Å². The van der Waals surface area contributed by atoms with Gasteiger partial charge >= 0.3 is 6.09 Å². The lowest BCUT2D eigenvalue weighted by molar-refractivity contribution is -0.129. The van der Waals surface area contributed by atoms with E-state index in [1.54, 1.807) is 26.2 Å². The number of aromatic nitrogens is 3. The first kappa shape index (κ1) is 28.5. The van der Waals surface area contributed by atoms with Gasteiger partial charge in [-0.25, -0.2) is 4.79 Å². The third-order valence-electron chi connectivity index (χ3n) is 6.41. The number of carboxylic acid groups (broad SMARTS) is 1. The molecular weight excluding hydrogens is 534 g/mol. The Morgan fingerprint density at radius 1 is 1.05 bits per heavy atom. The van der Waals surface area contributed by atoms with E-state index in [-0.39, 0.29) is 23.1 Å². The fourth-order valence-electron chi connectivity index (χ4n) is 4.32. The summed E-state index contributed by atoms with van der Waals surface area (Å²) in [5.74, 6) is 0.181. The predicted molar refractivity (Wildman–Crippen MR) is 150 cm³/mol. The molecule has 0 saturated carbocycles. The van der Waals surface area contributed by atoms with Gasteiger partial charge < -0.3 is 25.5 Å². The number of piperazine rings is 1. The second-order valence-corrected chi connectivity index (χ2v) is 9.90. The van der Waals surface area contributed by atoms with Crippen molar-refractivity contribution >= 4 is 41.2 Å². The van der Waals surface area contributed by atoms with E-state index < -0.39 is 12.1 Å². The predicted octanol–water partition coefficient (Wildman–Crippen LogP) is 3.05. The lowest BCUT2D eigenvalue weighted by Gasteiger charge is -2.33. The molecule has 0 radical (unpaired) electrons. The van der Waals surface area contributed by atoms with E-state index in [1.165, 1.54) is 9.80 Å². The largest absolute Gasteiger partial charge is 0.465 e. The highest BCUT2D eigenvalue weighted by molar-refractivity contribution is 6.28. The van der Waals surface area contributed by atoms with Crippen molar-refractivity contribution in [2.45, 2.75) is 19.0 Å². The molecule has 1 atom stereocenters. The van der Waals surface area contributed by atoms with Crippen molar-refractivity contribution in [3.63, 3.8) is 0 Å². The summed E-state index contributed by atoms with van der Waals surface area (Å²) in [4.78, 5) is 42.0. The van der Waals surface area contributed by atoms with Crippen molar-refractivity contribution in [2.75, 3.05) is 50.9 Å². The number of hydrogen-bond acceptors (Lipinski definition) is 9. The molecule has 40 heavy (non-hydrogen) atoms. The molecule has 4 rings (SSSR count). The molecule has 2 amide bonds. The average molecular weight is 564 g/mol. The normalized spacial score (nSPS) is 14.2. The second-order valence-electron chi connectivity index (χ2n) is 9.57. The first-order chi connectivity index (χ1) is 19.2. The lowest BCUT2D eigenvalue weighted by atomic mass is 10.0. The van der Waals surface area contributed by atoms with E-state index in [2.05, 4.69) is 36.6 Å². The first-order valence-electron chi connectivity index (χ1n) is 12.6. The van der Waals surface area contributed by atoms with Crippen molar-refractivity contribution in [1.82, 2.24) is 29.7 Å². The maximum Gasteiger partial charge on any atom is 0.407 e. The van der Waals surface area contributed by atoms with Crippen LogP contribution in [0.5, 0.6) is 0 Å². The Morgan fingerprint density at radius 2 is 1.75 bits per heavy atom. The topological polar surface area (TPSA) is 151 Å². The number of carbonyl (C=O) groups is 2. The smallest absolute Gasteiger partial charge is 0.407 e. The summed E-state index contributed by atoms with van der Waals surface area (Å²) in [6.45, 7) is 2.97. The van der Waals surface area contributed by atoms with Gasteiger partial charge in [0.25, 0.3) is 0 Å². The van der Waals surface area contributed by atoms with Gasteiger partial charge in [0.15, 0.2) is 0 Å². The Bertz CT molecular complexity index is 1390. The Balaban J connectivity index is 1.45. The Morgan fingerprint density at radius 3 is 2.40 bits per heavy atom. The molecule has 12 nitrogen and oxygen atoms in total. The summed E-state index contributed by atoms with van der Waals surface area (Å²) in [5.41, 5.74) is 3.20. The van der Waals surface area contributed by atoms with Crippen molar-refractivity contribution in [1.29, 1.82) is 5.26 Å². The molecule has 13 heteroatoms. The zero-order valence-corrected chi connectivity index (χ0v) is 23.0. The highest BCUT2D eigenvalue weighted by Crippen LogP contribution is 2.20. The number of nitriles is 1. The summed E-state index contributed by atoms with van der Waals surface area (Å²) < 4.78 is 0. The minimum absolute atomic E-state index is 0.0399. The van der Waals surface area contributed by atoms with Gasteiger partial charge in [-0.2, -0.15) is 20.2 Å². The number of carbonyl (C=O) groups excluding carboxylic acids is 1. The molecule has 3 aromatic rings. The summed E-state index contributed by atoms with van der Waals surface area (Å²) in [7, 11) is 3.34. The number of anilines is 3. The Labute approximate surface area is 237 Å². The standard InChI is InChI=1S/C27H30ClN9O3/c1-35(2)23(38)22(15-18-6-8-19(16-29)9-7-18)31-26-33-24(28)32-25(34-26)30-21-5-3-4-20(14-21)17-36-10-12-37(13-11-36)27(39)40/h3-9,14,22H,10-13,15,17H2,1-2H3,(H,39,40)(H2,30,31,32,33,34). The van der Waals surface area contributed by atoms with E-state index in [4.69, 9.17) is 22.0 Å². The Kier molecular flexibility index (Phi) is 9.31. The van der Waals surface area contributed by atoms with Crippen LogP contribution in [0.4, 0.5) is 22.4 Å². The SMILES string of the molecule is CN(C)C(=O)C(Cc1ccc(C#N)cc1)Nc1nc(Cl)nc(Nc2cccc(CN3CCN(C(=O)O)CC3)c2)n1. The van der Waals surface area contributed by atoms with Crippen LogP contribution < -0.4 is 10.6 Å². The molecule has 0 aliphatic carbocycles. The van der Waals surface area contributed by atoms with E-state index >= 15 is 0 Å².